The first-order chi connectivity index (χ1) is 7.81. The monoisotopic (exact) mass is 239 g/mol. The largest absolute Gasteiger partial charge is 0.335 e. The maximum atomic E-state index is 6.29. The second-order valence-electron chi connectivity index (χ2n) is 4.40. The number of nitrogens with zero attached hydrogens (tertiary/aromatic N) is 2. The van der Waals surface area contributed by atoms with Crippen molar-refractivity contribution in [1.82, 2.24) is 9.55 Å². The van der Waals surface area contributed by atoms with Gasteiger partial charge in [0.25, 0.3) is 0 Å². The molecule has 1 fully saturated rings. The van der Waals surface area contributed by atoms with Crippen LogP contribution in [-0.2, 0) is 13.0 Å². The number of hydrogen-bond acceptors (Lipinski definition) is 3. The summed E-state index contributed by atoms with van der Waals surface area (Å²) in [6.45, 7) is 3.13. The molecular formula is C12H21N3S. The summed E-state index contributed by atoms with van der Waals surface area (Å²) < 4.78 is 2.19. The Hall–Kier alpha value is -0.480. The number of hydrogen-bond donors (Lipinski definition) is 1. The summed E-state index contributed by atoms with van der Waals surface area (Å²) in [5.74, 6) is 2.42. The third kappa shape index (κ3) is 2.80. The predicted molar refractivity (Wildman–Crippen MR) is 69.7 cm³/mol. The van der Waals surface area contributed by atoms with Crippen LogP contribution in [0.4, 0.5) is 0 Å². The summed E-state index contributed by atoms with van der Waals surface area (Å²) in [5.41, 5.74) is 6.29. The highest BCUT2D eigenvalue weighted by Gasteiger charge is 2.22. The van der Waals surface area contributed by atoms with Crippen molar-refractivity contribution >= 4 is 11.8 Å². The summed E-state index contributed by atoms with van der Waals surface area (Å²) in [4.78, 5) is 4.40. The first-order valence-electron chi connectivity index (χ1n) is 6.18. The van der Waals surface area contributed by atoms with Crippen molar-refractivity contribution in [2.24, 2.45) is 5.73 Å². The molecule has 1 aromatic heterocycles. The molecule has 2 atom stereocenters. The minimum absolute atomic E-state index is 0.262. The van der Waals surface area contributed by atoms with Crippen LogP contribution in [-0.4, -0.2) is 26.6 Å². The highest BCUT2D eigenvalue weighted by atomic mass is 32.2. The molecule has 0 spiro atoms. The molecular weight excluding hydrogens is 218 g/mol. The molecule has 16 heavy (non-hydrogen) atoms. The normalized spacial score (nSPS) is 23.2. The third-order valence-corrected chi connectivity index (χ3v) is 4.79. The lowest BCUT2D eigenvalue weighted by Crippen LogP contribution is -2.36. The zero-order chi connectivity index (χ0) is 11.4. The third-order valence-electron chi connectivity index (χ3n) is 3.25. The summed E-state index contributed by atoms with van der Waals surface area (Å²) in [6, 6.07) is 0.262. The molecule has 0 aliphatic carbocycles. The van der Waals surface area contributed by atoms with Crippen LogP contribution in [0.25, 0.3) is 0 Å². The topological polar surface area (TPSA) is 43.8 Å². The number of aryl methyl sites for hydroxylation is 1. The van der Waals surface area contributed by atoms with E-state index in [9.17, 15) is 0 Å². The van der Waals surface area contributed by atoms with Crippen LogP contribution in [0.5, 0.6) is 0 Å². The van der Waals surface area contributed by atoms with Crippen molar-refractivity contribution in [3.8, 4) is 0 Å². The van der Waals surface area contributed by atoms with E-state index in [0.29, 0.717) is 5.25 Å². The van der Waals surface area contributed by atoms with Crippen LogP contribution in [0.15, 0.2) is 12.4 Å². The van der Waals surface area contributed by atoms with Gasteiger partial charge in [0, 0.05) is 36.7 Å². The van der Waals surface area contributed by atoms with Crippen LogP contribution < -0.4 is 5.73 Å². The number of imidazole rings is 1. The molecule has 1 aliphatic heterocycles. The molecule has 2 unspecified atom stereocenters. The summed E-state index contributed by atoms with van der Waals surface area (Å²) in [5, 5.41) is 0.635. The highest BCUT2D eigenvalue weighted by Crippen LogP contribution is 2.27. The Morgan fingerprint density at radius 1 is 1.62 bits per heavy atom. The molecule has 2 rings (SSSR count). The summed E-state index contributed by atoms with van der Waals surface area (Å²) in [7, 11) is 0. The lowest BCUT2D eigenvalue weighted by atomic mass is 10.0. The van der Waals surface area contributed by atoms with Gasteiger partial charge in [0.05, 0.1) is 0 Å². The quantitative estimate of drug-likeness (QED) is 0.874. The standard InChI is InChI=1S/C12H21N3S/c1-2-15-7-6-14-12(15)9-10(13)11-5-3-4-8-16-11/h6-7,10-11H,2-5,8-9,13H2,1H3. The molecule has 1 aliphatic rings. The summed E-state index contributed by atoms with van der Waals surface area (Å²) >= 11 is 2.04. The van der Waals surface area contributed by atoms with Crippen molar-refractivity contribution in [3.05, 3.63) is 18.2 Å². The average Bonchev–Trinajstić information content (AvgIpc) is 2.77. The first-order valence-corrected chi connectivity index (χ1v) is 7.23. The lowest BCUT2D eigenvalue weighted by Gasteiger charge is -2.26. The van der Waals surface area contributed by atoms with Crippen LogP contribution in [0, 0.1) is 0 Å². The van der Waals surface area contributed by atoms with E-state index in [2.05, 4.69) is 16.5 Å². The van der Waals surface area contributed by atoms with E-state index < -0.39 is 0 Å². The minimum atomic E-state index is 0.262. The van der Waals surface area contributed by atoms with Gasteiger partial charge >= 0.3 is 0 Å². The fourth-order valence-electron chi connectivity index (χ4n) is 2.26. The second kappa shape index (κ2) is 5.73. The number of thioether (sulfide) groups is 1. The molecule has 2 heterocycles. The molecule has 0 amide bonds. The molecule has 0 aromatic carbocycles. The van der Waals surface area contributed by atoms with Gasteiger partial charge in [-0.05, 0) is 25.5 Å². The van der Waals surface area contributed by atoms with Gasteiger partial charge < -0.3 is 10.3 Å². The van der Waals surface area contributed by atoms with E-state index in [-0.39, 0.29) is 6.04 Å². The van der Waals surface area contributed by atoms with Gasteiger partial charge in [-0.25, -0.2) is 4.98 Å². The predicted octanol–water partition coefficient (Wildman–Crippen LogP) is 2.06. The van der Waals surface area contributed by atoms with E-state index in [1.165, 1.54) is 25.0 Å². The maximum absolute atomic E-state index is 6.29. The average molecular weight is 239 g/mol. The Kier molecular flexibility index (Phi) is 4.29. The van der Waals surface area contributed by atoms with Gasteiger partial charge in [-0.2, -0.15) is 11.8 Å². The van der Waals surface area contributed by atoms with E-state index in [1.54, 1.807) is 0 Å². The van der Waals surface area contributed by atoms with Gasteiger partial charge in [-0.1, -0.05) is 6.42 Å². The Balaban J connectivity index is 1.93. The van der Waals surface area contributed by atoms with Crippen LogP contribution in [0.2, 0.25) is 0 Å². The van der Waals surface area contributed by atoms with Gasteiger partial charge in [-0.3, -0.25) is 0 Å². The zero-order valence-electron chi connectivity index (χ0n) is 9.93. The molecule has 1 aromatic rings. The Bertz CT molecular complexity index is 318. The van der Waals surface area contributed by atoms with E-state index in [4.69, 9.17) is 5.73 Å². The molecule has 0 saturated carbocycles. The highest BCUT2D eigenvalue weighted by molar-refractivity contribution is 8.00. The Morgan fingerprint density at radius 3 is 3.19 bits per heavy atom. The van der Waals surface area contributed by atoms with E-state index in [1.807, 2.05) is 24.2 Å². The number of rotatable bonds is 4. The van der Waals surface area contributed by atoms with Gasteiger partial charge in [0.1, 0.15) is 5.82 Å². The molecule has 4 heteroatoms. The SMILES string of the molecule is CCn1ccnc1CC(N)C1CCCCS1. The minimum Gasteiger partial charge on any atom is -0.335 e. The fraction of sp³-hybridized carbons (Fsp3) is 0.750. The number of aromatic nitrogens is 2. The fourth-order valence-corrected chi connectivity index (χ4v) is 3.61. The molecule has 0 bridgehead atoms. The number of nitrogens with two attached hydrogens (primary N) is 1. The van der Waals surface area contributed by atoms with Crippen molar-refractivity contribution < 1.29 is 0 Å². The van der Waals surface area contributed by atoms with Crippen molar-refractivity contribution in [3.63, 3.8) is 0 Å². The van der Waals surface area contributed by atoms with Crippen molar-refractivity contribution in [2.75, 3.05) is 5.75 Å². The van der Waals surface area contributed by atoms with Gasteiger partial charge in [0.2, 0.25) is 0 Å². The van der Waals surface area contributed by atoms with Crippen LogP contribution in [0.1, 0.15) is 32.0 Å². The van der Waals surface area contributed by atoms with Crippen molar-refractivity contribution in [2.45, 2.75) is 50.4 Å². The Labute approximate surface area is 102 Å². The molecule has 3 nitrogen and oxygen atoms in total. The molecule has 2 N–H and O–H groups in total. The van der Waals surface area contributed by atoms with Crippen LogP contribution in [0.3, 0.4) is 0 Å². The smallest absolute Gasteiger partial charge is 0.110 e. The van der Waals surface area contributed by atoms with Crippen molar-refractivity contribution in [1.29, 1.82) is 0 Å². The molecule has 0 radical (unpaired) electrons. The van der Waals surface area contributed by atoms with E-state index in [0.717, 1.165) is 18.8 Å². The maximum Gasteiger partial charge on any atom is 0.110 e. The lowest BCUT2D eigenvalue weighted by molar-refractivity contribution is 0.537. The molecule has 1 saturated heterocycles. The first kappa shape index (κ1) is 12.0. The van der Waals surface area contributed by atoms with Crippen LogP contribution >= 0.6 is 11.8 Å². The van der Waals surface area contributed by atoms with Gasteiger partial charge in [0.15, 0.2) is 0 Å². The Morgan fingerprint density at radius 2 is 2.50 bits per heavy atom. The molecule has 90 valence electrons. The second-order valence-corrected chi connectivity index (χ2v) is 5.75. The van der Waals surface area contributed by atoms with E-state index >= 15 is 0 Å². The zero-order valence-corrected chi connectivity index (χ0v) is 10.7. The summed E-state index contributed by atoms with van der Waals surface area (Å²) in [6.07, 6.45) is 8.80. The van der Waals surface area contributed by atoms with Gasteiger partial charge in [-0.15, -0.1) is 0 Å².